The Labute approximate surface area is 154 Å². The Bertz CT molecular complexity index is 749. The van der Waals surface area contributed by atoms with Gasteiger partial charge in [0.1, 0.15) is 12.4 Å². The summed E-state index contributed by atoms with van der Waals surface area (Å²) in [7, 11) is 0. The van der Waals surface area contributed by atoms with Crippen molar-refractivity contribution in [2.75, 3.05) is 37.7 Å². The minimum absolute atomic E-state index is 0.0537. The van der Waals surface area contributed by atoms with Gasteiger partial charge in [-0.2, -0.15) is 0 Å². The van der Waals surface area contributed by atoms with Crippen molar-refractivity contribution in [1.29, 1.82) is 0 Å². The van der Waals surface area contributed by atoms with Gasteiger partial charge < -0.3 is 14.5 Å². The van der Waals surface area contributed by atoms with E-state index in [4.69, 9.17) is 4.74 Å². The highest BCUT2D eigenvalue weighted by Crippen LogP contribution is 2.15. The number of anilines is 1. The van der Waals surface area contributed by atoms with Gasteiger partial charge in [0.25, 0.3) is 0 Å². The Morgan fingerprint density at radius 2 is 1.77 bits per heavy atom. The summed E-state index contributed by atoms with van der Waals surface area (Å²) < 4.78 is 5.45. The average Bonchev–Trinajstić information content (AvgIpc) is 2.72. The number of aromatic amines is 1. The first-order valence-corrected chi connectivity index (χ1v) is 8.78. The molecular formula is C21H24N3O2+. The number of H-pyrrole nitrogens is 1. The molecule has 0 atom stereocenters. The van der Waals surface area contributed by atoms with E-state index in [2.05, 4.69) is 28.6 Å². The molecule has 1 saturated heterocycles. The average molecular weight is 350 g/mol. The standard InChI is InChI=1S/C21H23N3O2/c1-2-17-26-20-6-3-18(4-7-20)5-8-21(25)24-15-13-23(14-16-24)19-9-11-22-12-10-19/h2-12H,1,13-17H2/p+1/b8-5+. The number of benzene rings is 1. The largest absolute Gasteiger partial charge is 0.490 e. The van der Waals surface area contributed by atoms with Gasteiger partial charge in [0.2, 0.25) is 5.91 Å². The van der Waals surface area contributed by atoms with Gasteiger partial charge in [-0.1, -0.05) is 24.8 Å². The smallest absolute Gasteiger partial charge is 0.246 e. The van der Waals surface area contributed by atoms with E-state index in [9.17, 15) is 4.79 Å². The maximum Gasteiger partial charge on any atom is 0.246 e. The normalized spacial score (nSPS) is 14.5. The third-order valence-electron chi connectivity index (χ3n) is 4.32. The quantitative estimate of drug-likeness (QED) is 0.594. The number of ether oxygens (including phenoxy) is 1. The van der Waals surface area contributed by atoms with Crippen LogP contribution in [-0.4, -0.2) is 43.6 Å². The van der Waals surface area contributed by atoms with Crippen molar-refractivity contribution in [3.8, 4) is 5.75 Å². The molecule has 5 nitrogen and oxygen atoms in total. The van der Waals surface area contributed by atoms with Crippen molar-refractivity contribution in [3.63, 3.8) is 0 Å². The molecule has 0 saturated carbocycles. The van der Waals surface area contributed by atoms with Crippen molar-refractivity contribution < 1.29 is 14.5 Å². The molecule has 1 aromatic carbocycles. The molecule has 1 fully saturated rings. The predicted molar refractivity (Wildman–Crippen MR) is 103 cm³/mol. The Balaban J connectivity index is 1.51. The van der Waals surface area contributed by atoms with Gasteiger partial charge in [-0.3, -0.25) is 4.79 Å². The predicted octanol–water partition coefficient (Wildman–Crippen LogP) is 2.43. The van der Waals surface area contributed by atoms with Crippen LogP contribution >= 0.6 is 0 Å². The number of pyridine rings is 1. The lowest BCUT2D eigenvalue weighted by Crippen LogP contribution is -2.48. The Hall–Kier alpha value is -3.08. The second kappa shape index (κ2) is 8.85. The molecular weight excluding hydrogens is 326 g/mol. The second-order valence-electron chi connectivity index (χ2n) is 6.07. The van der Waals surface area contributed by atoms with Crippen LogP contribution in [0.4, 0.5) is 5.69 Å². The minimum Gasteiger partial charge on any atom is -0.490 e. The molecule has 1 amide bonds. The lowest BCUT2D eigenvalue weighted by atomic mass is 10.2. The minimum atomic E-state index is 0.0537. The van der Waals surface area contributed by atoms with Crippen LogP contribution in [0.3, 0.4) is 0 Å². The number of aromatic nitrogens is 1. The van der Waals surface area contributed by atoms with Gasteiger partial charge in [-0.05, 0) is 23.8 Å². The number of hydrogen-bond donors (Lipinski definition) is 0. The van der Waals surface area contributed by atoms with Crippen molar-refractivity contribution in [2.45, 2.75) is 0 Å². The highest BCUT2D eigenvalue weighted by atomic mass is 16.5. The zero-order valence-electron chi connectivity index (χ0n) is 14.8. The maximum atomic E-state index is 12.4. The van der Waals surface area contributed by atoms with E-state index in [1.165, 1.54) is 5.69 Å². The van der Waals surface area contributed by atoms with E-state index in [-0.39, 0.29) is 5.91 Å². The summed E-state index contributed by atoms with van der Waals surface area (Å²) in [4.78, 5) is 19.6. The first-order chi connectivity index (χ1) is 12.8. The molecule has 1 aromatic heterocycles. The SMILES string of the molecule is C=CCOc1ccc(/C=C/C(=O)N2CCN(c3cc[nH+]cc3)CC2)cc1. The lowest BCUT2D eigenvalue weighted by molar-refractivity contribution is -0.377. The van der Waals surface area contributed by atoms with Crippen LogP contribution in [0.25, 0.3) is 6.08 Å². The number of nitrogens with zero attached hydrogens (tertiary/aromatic N) is 2. The Morgan fingerprint density at radius 3 is 2.42 bits per heavy atom. The van der Waals surface area contributed by atoms with Crippen LogP contribution < -0.4 is 14.6 Å². The van der Waals surface area contributed by atoms with Crippen molar-refractivity contribution in [3.05, 3.63) is 73.1 Å². The van der Waals surface area contributed by atoms with Gasteiger partial charge in [0.05, 0.1) is 0 Å². The van der Waals surface area contributed by atoms with E-state index < -0.39 is 0 Å². The van der Waals surface area contributed by atoms with E-state index in [1.807, 2.05) is 47.6 Å². The van der Waals surface area contributed by atoms with Crippen LogP contribution in [0, 0.1) is 0 Å². The molecule has 0 unspecified atom stereocenters. The van der Waals surface area contributed by atoms with Gasteiger partial charge in [-0.15, -0.1) is 0 Å². The summed E-state index contributed by atoms with van der Waals surface area (Å²) in [5, 5.41) is 0. The van der Waals surface area contributed by atoms with Gasteiger partial charge >= 0.3 is 0 Å². The molecule has 0 aliphatic carbocycles. The van der Waals surface area contributed by atoms with Gasteiger partial charge in [-0.25, -0.2) is 4.98 Å². The van der Waals surface area contributed by atoms with E-state index >= 15 is 0 Å². The molecule has 3 rings (SSSR count). The molecule has 1 N–H and O–H groups in total. The lowest BCUT2D eigenvalue weighted by Gasteiger charge is -2.35. The fraction of sp³-hybridized carbons (Fsp3) is 0.238. The molecule has 0 bridgehead atoms. The Morgan fingerprint density at radius 1 is 1.08 bits per heavy atom. The number of hydrogen-bond acceptors (Lipinski definition) is 3. The molecule has 0 radical (unpaired) electrons. The number of piperazine rings is 1. The molecule has 2 heterocycles. The summed E-state index contributed by atoms with van der Waals surface area (Å²) in [6.07, 6.45) is 9.04. The van der Waals surface area contributed by atoms with Crippen LogP contribution in [0.1, 0.15) is 5.56 Å². The van der Waals surface area contributed by atoms with Gasteiger partial charge in [0, 0.05) is 50.1 Å². The third kappa shape index (κ3) is 4.72. The number of carbonyl (C=O) groups excluding carboxylic acids is 1. The van der Waals surface area contributed by atoms with Crippen molar-refractivity contribution >= 4 is 17.7 Å². The maximum absolute atomic E-state index is 12.4. The topological polar surface area (TPSA) is 46.9 Å². The summed E-state index contributed by atoms with van der Waals surface area (Å²) in [5.74, 6) is 0.848. The van der Waals surface area contributed by atoms with Crippen LogP contribution in [0.5, 0.6) is 5.75 Å². The zero-order valence-corrected chi connectivity index (χ0v) is 14.8. The van der Waals surface area contributed by atoms with Crippen LogP contribution in [0.15, 0.2) is 67.5 Å². The first kappa shape index (κ1) is 17.7. The molecule has 0 spiro atoms. The van der Waals surface area contributed by atoms with E-state index in [0.29, 0.717) is 6.61 Å². The van der Waals surface area contributed by atoms with Crippen LogP contribution in [0.2, 0.25) is 0 Å². The number of rotatable bonds is 6. The number of amides is 1. The third-order valence-corrected chi connectivity index (χ3v) is 4.32. The zero-order chi connectivity index (χ0) is 18.2. The molecule has 5 heteroatoms. The molecule has 134 valence electrons. The summed E-state index contributed by atoms with van der Waals surface area (Å²) in [6.45, 7) is 7.27. The summed E-state index contributed by atoms with van der Waals surface area (Å²) in [5.41, 5.74) is 2.16. The summed E-state index contributed by atoms with van der Waals surface area (Å²) in [6, 6.07) is 11.8. The molecule has 2 aromatic rings. The van der Waals surface area contributed by atoms with Crippen molar-refractivity contribution in [2.24, 2.45) is 0 Å². The highest BCUT2D eigenvalue weighted by molar-refractivity contribution is 5.92. The Kier molecular flexibility index (Phi) is 6.04. The van der Waals surface area contributed by atoms with E-state index in [0.717, 1.165) is 37.5 Å². The van der Waals surface area contributed by atoms with Gasteiger partial charge in [0.15, 0.2) is 12.4 Å². The number of carbonyl (C=O) groups is 1. The summed E-state index contributed by atoms with van der Waals surface area (Å²) >= 11 is 0. The van der Waals surface area contributed by atoms with E-state index in [1.54, 1.807) is 12.2 Å². The fourth-order valence-electron chi connectivity index (χ4n) is 2.88. The highest BCUT2D eigenvalue weighted by Gasteiger charge is 2.19. The molecule has 1 aliphatic heterocycles. The molecule has 26 heavy (non-hydrogen) atoms. The monoisotopic (exact) mass is 350 g/mol. The first-order valence-electron chi connectivity index (χ1n) is 8.78. The number of nitrogens with one attached hydrogen (secondary N) is 1. The fourth-order valence-corrected chi connectivity index (χ4v) is 2.88. The van der Waals surface area contributed by atoms with Crippen LogP contribution in [-0.2, 0) is 4.79 Å². The molecule has 1 aliphatic rings. The van der Waals surface area contributed by atoms with Crippen molar-refractivity contribution in [1.82, 2.24) is 4.90 Å². The second-order valence-corrected chi connectivity index (χ2v) is 6.07.